The fourth-order valence-electron chi connectivity index (χ4n) is 16.8. The number of rotatable bonds is 28. The van der Waals surface area contributed by atoms with E-state index in [9.17, 15) is 0 Å². The molecular formula is C117H204N9+3. The largest absolute Gasteiger partial charge is 0.301 e. The van der Waals surface area contributed by atoms with Crippen molar-refractivity contribution < 1.29 is 13.8 Å². The Morgan fingerprint density at radius 1 is 0.151 bits per heavy atom. The van der Waals surface area contributed by atoms with E-state index in [1.165, 1.54) is 141 Å². The number of nitrogens with zero attached hydrogens (tertiary/aromatic N) is 9. The van der Waals surface area contributed by atoms with Gasteiger partial charge in [-0.25, -0.2) is 4.57 Å². The van der Waals surface area contributed by atoms with Crippen molar-refractivity contribution in [1.82, 2.24) is 30.0 Å². The molecule has 6 heterocycles. The zero-order valence-corrected chi connectivity index (χ0v) is 93.3. The highest BCUT2D eigenvalue weighted by atomic mass is 15.3. The molecule has 6 aromatic heterocycles. The van der Waals surface area contributed by atoms with Crippen LogP contribution in [0.4, 0.5) is 0 Å². The van der Waals surface area contributed by atoms with E-state index in [-0.39, 0.29) is 0 Å². The Hall–Kier alpha value is -6.09. The minimum Gasteiger partial charge on any atom is -0.257 e. The molecule has 0 aliphatic heterocycles. The summed E-state index contributed by atoms with van der Waals surface area (Å²) in [5.41, 5.74) is 32.9. The lowest BCUT2D eigenvalue weighted by molar-refractivity contribution is -0.779. The van der Waals surface area contributed by atoms with E-state index in [1.807, 2.05) is 0 Å². The van der Waals surface area contributed by atoms with Gasteiger partial charge in [-0.2, -0.15) is 4.57 Å². The summed E-state index contributed by atoms with van der Waals surface area (Å²) in [5, 5.41) is 4.93. The van der Waals surface area contributed by atoms with Crippen LogP contribution in [-0.4, -0.2) is 30.0 Å². The van der Waals surface area contributed by atoms with Gasteiger partial charge in [0, 0.05) is 69.7 Å². The van der Waals surface area contributed by atoms with Crippen LogP contribution in [0.3, 0.4) is 0 Å². The zero-order valence-electron chi connectivity index (χ0n) is 93.3. The average molecular weight is 1740 g/mol. The average Bonchev–Trinajstić information content (AvgIpc) is 0.839. The smallest absolute Gasteiger partial charge is 0.257 e. The molecule has 0 unspecified atom stereocenters. The molecule has 1 aromatic carbocycles. The number of pyridine rings is 3. The van der Waals surface area contributed by atoms with Crippen LogP contribution >= 0.6 is 0 Å². The van der Waals surface area contributed by atoms with Crippen molar-refractivity contribution in [3.8, 4) is 0 Å². The standard InChI is InChI=1S/C18H30.C17H30N.2C17H29N.2C16H29N2.C16H28N2/c2*1-11(2)15-9-17(13(5)6)18(14(7)8)10-16(15)12(3)4;2*1-10(2)14-9-15(11(3)4)17(13(7)8)18-16(14)12(5)6;1-10(2)14-9-18(13(7)8)16(12(5)6)17-15(14)11(3)4;1-10(2)14-9-15(11(3)4)18(13(7)8)17-16(14)12(5)6;1-9(2)13-14(10(3)4)18-16(12(7)8)15(17-13)11(5)6/h2*9-14H,1-8H3;4*9-13H,1-8H3;9-12H,1-8H3/q;+1;;;2*+1;. The fraction of sp³-hybridized carbons (Fsp3) is 0.718. The molecule has 0 saturated carbocycles. The van der Waals surface area contributed by atoms with Gasteiger partial charge in [0.1, 0.15) is 5.69 Å². The van der Waals surface area contributed by atoms with Crippen molar-refractivity contribution in [2.45, 2.75) is 554 Å². The molecule has 9 nitrogen and oxygen atoms in total. The van der Waals surface area contributed by atoms with Crippen LogP contribution < -0.4 is 13.8 Å². The van der Waals surface area contributed by atoms with Crippen molar-refractivity contribution in [1.29, 1.82) is 0 Å². The highest BCUT2D eigenvalue weighted by Gasteiger charge is 2.31. The summed E-state index contributed by atoms with van der Waals surface area (Å²) < 4.78 is 6.99. The second kappa shape index (κ2) is 53.4. The van der Waals surface area contributed by atoms with E-state index in [2.05, 4.69) is 450 Å². The third-order valence-electron chi connectivity index (χ3n) is 24.2. The highest BCUT2D eigenvalue weighted by molar-refractivity contribution is 5.45. The zero-order chi connectivity index (χ0) is 98.2. The molecule has 0 saturated heterocycles. The van der Waals surface area contributed by atoms with Gasteiger partial charge in [0.2, 0.25) is 5.69 Å². The number of hydrogen-bond donors (Lipinski definition) is 0. The first kappa shape index (κ1) is 118. The Balaban J connectivity index is 0.000000735. The first-order valence-electron chi connectivity index (χ1n) is 51.0. The topological polar surface area (TPSA) is 89.0 Å². The van der Waals surface area contributed by atoms with Gasteiger partial charge in [-0.15, -0.1) is 0 Å². The monoisotopic (exact) mass is 1740 g/mol. The summed E-state index contributed by atoms with van der Waals surface area (Å²) in [5.74, 6) is 14.4. The molecule has 0 amide bonds. The van der Waals surface area contributed by atoms with E-state index >= 15 is 0 Å². The van der Waals surface area contributed by atoms with Crippen molar-refractivity contribution in [2.75, 3.05) is 0 Å². The van der Waals surface area contributed by atoms with Crippen LogP contribution in [0, 0.1) is 0 Å². The van der Waals surface area contributed by atoms with E-state index in [0.717, 1.165) is 0 Å². The van der Waals surface area contributed by atoms with Gasteiger partial charge in [-0.1, -0.05) is 380 Å². The molecule has 0 aliphatic carbocycles. The molecule has 9 heteroatoms. The van der Waals surface area contributed by atoms with E-state index in [1.54, 1.807) is 0 Å². The Labute approximate surface area is 782 Å². The molecule has 0 aliphatic rings. The van der Waals surface area contributed by atoms with Gasteiger partial charge in [0.15, 0.2) is 29.7 Å². The third kappa shape index (κ3) is 33.9. The molecule has 7 rings (SSSR count). The summed E-state index contributed by atoms with van der Waals surface area (Å²) in [7, 11) is 0. The quantitative estimate of drug-likeness (QED) is 0.0454. The molecule has 126 heavy (non-hydrogen) atoms. The Morgan fingerprint density at radius 3 is 0.556 bits per heavy atom. The van der Waals surface area contributed by atoms with Crippen molar-refractivity contribution in [3.63, 3.8) is 0 Å². The summed E-state index contributed by atoms with van der Waals surface area (Å²) in [4.78, 5) is 24.9. The van der Waals surface area contributed by atoms with Crippen LogP contribution in [0.2, 0.25) is 0 Å². The predicted molar refractivity (Wildman–Crippen MR) is 556 cm³/mol. The lowest BCUT2D eigenvalue weighted by Gasteiger charge is -2.24. The summed E-state index contributed by atoms with van der Waals surface area (Å²) >= 11 is 0. The highest BCUT2D eigenvalue weighted by Crippen LogP contribution is 2.40. The normalized spacial score (nSPS) is 12.2. The minimum absolute atomic E-state index is 0.418. The summed E-state index contributed by atoms with van der Waals surface area (Å²) in [6.07, 6.45) is 4.72. The first-order chi connectivity index (χ1) is 57.8. The molecule has 7 aromatic rings. The lowest BCUT2D eigenvalue weighted by Crippen LogP contribution is -2.46. The Bertz CT molecular complexity index is 3070. The van der Waals surface area contributed by atoms with Gasteiger partial charge >= 0.3 is 5.82 Å². The number of hydrogen-bond acceptors (Lipinski definition) is 6. The lowest BCUT2D eigenvalue weighted by atomic mass is 9.81. The molecular weight excluding hydrogens is 1530 g/mol. The summed E-state index contributed by atoms with van der Waals surface area (Å²) in [6, 6.07) is 16.0. The van der Waals surface area contributed by atoms with Crippen LogP contribution in [0.1, 0.15) is 695 Å². The van der Waals surface area contributed by atoms with Crippen LogP contribution in [0.25, 0.3) is 0 Å². The van der Waals surface area contributed by atoms with Gasteiger partial charge in [-0.3, -0.25) is 19.9 Å². The van der Waals surface area contributed by atoms with E-state index < -0.39 is 0 Å². The molecule has 0 radical (unpaired) electrons. The third-order valence-corrected chi connectivity index (χ3v) is 24.2. The van der Waals surface area contributed by atoms with E-state index in [4.69, 9.17) is 30.0 Å². The maximum absolute atomic E-state index is 5.01. The van der Waals surface area contributed by atoms with Gasteiger partial charge in [-0.05, 0) is 221 Å². The Kier molecular flexibility index (Phi) is 50.0. The van der Waals surface area contributed by atoms with Crippen molar-refractivity contribution >= 4 is 0 Å². The van der Waals surface area contributed by atoms with Gasteiger partial charge < -0.3 is 0 Å². The maximum atomic E-state index is 5.01. The molecule has 0 spiro atoms. The molecule has 0 N–H and O–H groups in total. The fourth-order valence-corrected chi connectivity index (χ4v) is 16.8. The molecule has 0 bridgehead atoms. The van der Waals surface area contributed by atoms with Crippen molar-refractivity contribution in [2.24, 2.45) is 0 Å². The number of benzene rings is 1. The van der Waals surface area contributed by atoms with Crippen LogP contribution in [0.15, 0.2) is 48.8 Å². The second-order valence-electron chi connectivity index (χ2n) is 45.6. The second-order valence-corrected chi connectivity index (χ2v) is 45.6. The Morgan fingerprint density at radius 2 is 0.349 bits per heavy atom. The minimum atomic E-state index is 0.418. The van der Waals surface area contributed by atoms with Gasteiger partial charge in [0.05, 0.1) is 40.9 Å². The van der Waals surface area contributed by atoms with Gasteiger partial charge in [0.25, 0.3) is 0 Å². The van der Waals surface area contributed by atoms with Crippen LogP contribution in [0.5, 0.6) is 0 Å². The summed E-state index contributed by atoms with van der Waals surface area (Å²) in [6.45, 7) is 126. The van der Waals surface area contributed by atoms with E-state index in [0.29, 0.717) is 166 Å². The molecule has 0 atom stereocenters. The first-order valence-corrected chi connectivity index (χ1v) is 51.0. The van der Waals surface area contributed by atoms with Crippen molar-refractivity contribution in [3.05, 3.63) is 190 Å². The maximum Gasteiger partial charge on any atom is 0.301 e. The number of aromatic nitrogens is 9. The predicted octanol–water partition coefficient (Wildman–Crippen LogP) is 35.9. The van der Waals surface area contributed by atoms with Crippen LogP contribution in [-0.2, 0) is 0 Å². The SMILES string of the molecule is CC(C)c1c[n+](C(C)C)c(C(C)C)nc1C(C)C.CC(C)c1cc(C(C)C)[n+](C(C)C)cc1C(C)C.CC(C)c1cc(C(C)C)[n+](C(C)C)nc1C(C)C.CC(C)c1cc(C(C)C)c(C(C)C)cc1C(C)C.CC(C)c1cc(C(C)C)c(C(C)C)nc1C(C)C.CC(C)c1cc(C(C)C)c(C(C)C)nc1C(C)C.CC(C)c1nc(C(C)C)c(C(C)C)nc1C(C)C. The molecule has 0 fully saturated rings. The molecule has 714 valence electrons.